The number of hydrogen-bond acceptors (Lipinski definition) is 6. The summed E-state index contributed by atoms with van der Waals surface area (Å²) in [5.74, 6) is 6.60. The fourth-order valence-corrected chi connectivity index (χ4v) is 3.72. The van der Waals surface area contributed by atoms with E-state index in [2.05, 4.69) is 31.9 Å². The van der Waals surface area contributed by atoms with Crippen molar-refractivity contribution in [3.63, 3.8) is 0 Å². The molecule has 4 rings (SSSR count). The molecule has 0 aliphatic carbocycles. The number of fused-ring (bicyclic) bond motifs is 1. The second-order valence-corrected chi connectivity index (χ2v) is 7.43. The Morgan fingerprint density at radius 2 is 2.20 bits per heavy atom. The van der Waals surface area contributed by atoms with Gasteiger partial charge in [-0.05, 0) is 44.0 Å². The van der Waals surface area contributed by atoms with Gasteiger partial charge in [0.2, 0.25) is 11.8 Å². The Kier molecular flexibility index (Phi) is 5.63. The van der Waals surface area contributed by atoms with E-state index in [1.54, 1.807) is 29.6 Å². The van der Waals surface area contributed by atoms with Gasteiger partial charge < -0.3 is 15.5 Å². The molecule has 2 N–H and O–H groups in total. The minimum absolute atomic E-state index is 0.0918. The number of pyridine rings is 1. The van der Waals surface area contributed by atoms with Crippen LogP contribution in [0.2, 0.25) is 0 Å². The average Bonchev–Trinajstić information content (AvgIpc) is 3.20. The first kappa shape index (κ1) is 19.9. The number of nitrogens with two attached hydrogens (primary N) is 1. The Bertz CT molecular complexity index is 1130. The molecule has 1 amide bonds. The van der Waals surface area contributed by atoms with E-state index in [1.807, 2.05) is 30.3 Å². The highest BCUT2D eigenvalue weighted by Gasteiger charge is 2.27. The van der Waals surface area contributed by atoms with Gasteiger partial charge >= 0.3 is 0 Å². The molecule has 1 atom stereocenters. The van der Waals surface area contributed by atoms with Crippen LogP contribution in [0.4, 0.5) is 11.6 Å². The number of carbonyl (C=O) groups excluding carboxylic acids is 1. The summed E-state index contributed by atoms with van der Waals surface area (Å²) in [6.45, 7) is 3.66. The number of aromatic nitrogens is 4. The summed E-state index contributed by atoms with van der Waals surface area (Å²) in [6, 6.07) is 9.67. The number of benzene rings is 1. The van der Waals surface area contributed by atoms with Crippen molar-refractivity contribution in [2.75, 3.05) is 29.9 Å². The molecule has 1 fully saturated rings. The number of anilines is 2. The molecule has 154 valence electrons. The molecule has 1 aliphatic heterocycles. The Morgan fingerprint density at radius 3 is 3.00 bits per heavy atom. The fourth-order valence-electron chi connectivity index (χ4n) is 3.72. The minimum atomic E-state index is -0.240. The van der Waals surface area contributed by atoms with E-state index < -0.39 is 0 Å². The summed E-state index contributed by atoms with van der Waals surface area (Å²) in [4.78, 5) is 21.3. The van der Waals surface area contributed by atoms with E-state index in [4.69, 9.17) is 5.73 Å². The number of amides is 1. The zero-order valence-electron chi connectivity index (χ0n) is 17.2. The predicted octanol–water partition coefficient (Wildman–Crippen LogP) is 2.05. The molecular formula is C22H25N7O. The van der Waals surface area contributed by atoms with E-state index >= 15 is 0 Å². The van der Waals surface area contributed by atoms with Gasteiger partial charge in [-0.25, -0.2) is 0 Å². The van der Waals surface area contributed by atoms with Crippen molar-refractivity contribution in [3.8, 4) is 11.8 Å². The zero-order valence-corrected chi connectivity index (χ0v) is 17.2. The van der Waals surface area contributed by atoms with Crippen LogP contribution in [0.1, 0.15) is 30.4 Å². The SMILES string of the molecule is CC#CCn1c(C(=O)N(C)c2ccc3ncccc3c2)nnc1N1CCCC(N)C1. The highest BCUT2D eigenvalue weighted by molar-refractivity contribution is 6.04. The highest BCUT2D eigenvalue weighted by atomic mass is 16.2. The number of nitrogens with zero attached hydrogens (tertiary/aromatic N) is 6. The lowest BCUT2D eigenvalue weighted by molar-refractivity contribution is 0.0979. The molecule has 8 nitrogen and oxygen atoms in total. The zero-order chi connectivity index (χ0) is 21.1. The molecule has 0 spiro atoms. The van der Waals surface area contributed by atoms with Gasteiger partial charge in [0.1, 0.15) is 0 Å². The smallest absolute Gasteiger partial charge is 0.296 e. The molecule has 1 unspecified atom stereocenters. The summed E-state index contributed by atoms with van der Waals surface area (Å²) in [7, 11) is 1.74. The third-order valence-electron chi connectivity index (χ3n) is 5.36. The summed E-state index contributed by atoms with van der Waals surface area (Å²) in [5, 5.41) is 9.54. The van der Waals surface area contributed by atoms with Gasteiger partial charge in [0.05, 0.1) is 12.1 Å². The summed E-state index contributed by atoms with van der Waals surface area (Å²) in [5.41, 5.74) is 7.79. The molecule has 2 aromatic heterocycles. The van der Waals surface area contributed by atoms with Crippen LogP contribution in [0.5, 0.6) is 0 Å². The molecule has 30 heavy (non-hydrogen) atoms. The highest BCUT2D eigenvalue weighted by Crippen LogP contribution is 2.23. The molecule has 8 heteroatoms. The molecule has 1 aromatic carbocycles. The first-order valence-electron chi connectivity index (χ1n) is 10.0. The molecule has 0 saturated carbocycles. The number of hydrogen-bond donors (Lipinski definition) is 1. The van der Waals surface area contributed by atoms with Gasteiger partial charge in [-0.3, -0.25) is 14.3 Å². The molecule has 0 bridgehead atoms. The maximum absolute atomic E-state index is 13.3. The van der Waals surface area contributed by atoms with Crippen LogP contribution in [-0.4, -0.2) is 51.8 Å². The molecule has 3 aromatic rings. The third kappa shape index (κ3) is 3.84. The molecule has 1 aliphatic rings. The number of carbonyl (C=O) groups is 1. The first-order chi connectivity index (χ1) is 14.6. The van der Waals surface area contributed by atoms with Crippen molar-refractivity contribution >= 4 is 28.4 Å². The monoisotopic (exact) mass is 403 g/mol. The molecular weight excluding hydrogens is 378 g/mol. The Labute approximate surface area is 175 Å². The maximum Gasteiger partial charge on any atom is 0.296 e. The number of rotatable bonds is 4. The van der Waals surface area contributed by atoms with Gasteiger partial charge in [0, 0.05) is 43.4 Å². The largest absolute Gasteiger partial charge is 0.339 e. The van der Waals surface area contributed by atoms with Crippen molar-refractivity contribution < 1.29 is 4.79 Å². The quantitative estimate of drug-likeness (QED) is 0.670. The lowest BCUT2D eigenvalue weighted by atomic mass is 10.1. The average molecular weight is 403 g/mol. The van der Waals surface area contributed by atoms with Crippen LogP contribution < -0.4 is 15.5 Å². The van der Waals surface area contributed by atoms with Gasteiger partial charge in [0.15, 0.2) is 0 Å². The van der Waals surface area contributed by atoms with E-state index in [0.29, 0.717) is 19.0 Å². The minimum Gasteiger partial charge on any atom is -0.339 e. The van der Waals surface area contributed by atoms with Crippen molar-refractivity contribution in [1.29, 1.82) is 0 Å². The first-order valence-corrected chi connectivity index (χ1v) is 10.0. The molecule has 3 heterocycles. The van der Waals surface area contributed by atoms with Gasteiger partial charge in [-0.2, -0.15) is 0 Å². The Morgan fingerprint density at radius 1 is 1.33 bits per heavy atom. The topological polar surface area (TPSA) is 93.2 Å². The number of piperidine rings is 1. The van der Waals surface area contributed by atoms with E-state index in [1.165, 1.54) is 0 Å². The summed E-state index contributed by atoms with van der Waals surface area (Å²) in [6.07, 6.45) is 3.73. The lowest BCUT2D eigenvalue weighted by Crippen LogP contribution is -2.44. The van der Waals surface area contributed by atoms with Crippen LogP contribution in [0.15, 0.2) is 36.5 Å². The second-order valence-electron chi connectivity index (χ2n) is 7.43. The van der Waals surface area contributed by atoms with Crippen molar-refractivity contribution in [2.24, 2.45) is 5.73 Å². The van der Waals surface area contributed by atoms with Gasteiger partial charge in [-0.1, -0.05) is 12.0 Å². The van der Waals surface area contributed by atoms with Crippen molar-refractivity contribution in [2.45, 2.75) is 32.4 Å². The fraction of sp³-hybridized carbons (Fsp3) is 0.364. The van der Waals surface area contributed by atoms with Crippen LogP contribution in [-0.2, 0) is 6.54 Å². The lowest BCUT2D eigenvalue weighted by Gasteiger charge is -2.31. The molecule has 1 saturated heterocycles. The van der Waals surface area contributed by atoms with E-state index in [0.717, 1.165) is 36.0 Å². The van der Waals surface area contributed by atoms with Crippen LogP contribution in [0, 0.1) is 11.8 Å². The van der Waals surface area contributed by atoms with Crippen LogP contribution in [0.3, 0.4) is 0 Å². The maximum atomic E-state index is 13.3. The Hall–Kier alpha value is -3.44. The van der Waals surface area contributed by atoms with Crippen molar-refractivity contribution in [3.05, 3.63) is 42.4 Å². The van der Waals surface area contributed by atoms with Crippen LogP contribution >= 0.6 is 0 Å². The van der Waals surface area contributed by atoms with Crippen LogP contribution in [0.25, 0.3) is 10.9 Å². The summed E-state index contributed by atoms with van der Waals surface area (Å²) < 4.78 is 1.79. The standard InChI is InChI=1S/C22H25N7O/c1-3-4-13-29-20(25-26-22(29)28-12-6-8-17(23)15-28)21(30)27(2)18-9-10-19-16(14-18)7-5-11-24-19/h5,7,9-11,14,17H,6,8,12-13,15,23H2,1-2H3. The third-order valence-corrected chi connectivity index (χ3v) is 5.36. The Balaban J connectivity index is 1.67. The van der Waals surface area contributed by atoms with E-state index in [9.17, 15) is 4.79 Å². The predicted molar refractivity (Wildman–Crippen MR) is 117 cm³/mol. The normalized spacial score (nSPS) is 16.2. The molecule has 0 radical (unpaired) electrons. The summed E-state index contributed by atoms with van der Waals surface area (Å²) >= 11 is 0. The van der Waals surface area contributed by atoms with E-state index in [-0.39, 0.29) is 17.8 Å². The van der Waals surface area contributed by atoms with Crippen molar-refractivity contribution in [1.82, 2.24) is 19.7 Å². The van der Waals surface area contributed by atoms with Gasteiger partial charge in [-0.15, -0.1) is 16.1 Å². The second kappa shape index (κ2) is 8.51. The van der Waals surface area contributed by atoms with Gasteiger partial charge in [0.25, 0.3) is 5.91 Å².